The van der Waals surface area contributed by atoms with E-state index in [1.807, 2.05) is 6.92 Å². The molecule has 1 amide bonds. The number of amides is 1. The first kappa shape index (κ1) is 13.7. The van der Waals surface area contributed by atoms with E-state index in [9.17, 15) is 9.59 Å². The van der Waals surface area contributed by atoms with Crippen molar-refractivity contribution in [1.82, 2.24) is 0 Å². The molecule has 0 fully saturated rings. The number of hydrogen-bond acceptors (Lipinski definition) is 3. The van der Waals surface area contributed by atoms with Gasteiger partial charge in [-0.3, -0.25) is 4.79 Å². The number of primary amides is 1. The van der Waals surface area contributed by atoms with E-state index >= 15 is 0 Å². The van der Waals surface area contributed by atoms with Crippen LogP contribution in [0.25, 0.3) is 0 Å². The van der Waals surface area contributed by atoms with Crippen LogP contribution in [0.2, 0.25) is 0 Å². The van der Waals surface area contributed by atoms with E-state index < -0.39 is 0 Å². The molecular formula is C11H19NO3. The summed E-state index contributed by atoms with van der Waals surface area (Å²) in [6, 6.07) is 0. The first-order chi connectivity index (χ1) is 7.07. The molecule has 0 saturated heterocycles. The van der Waals surface area contributed by atoms with E-state index in [2.05, 4.69) is 6.58 Å². The highest BCUT2D eigenvalue weighted by Gasteiger charge is 2.07. The van der Waals surface area contributed by atoms with Gasteiger partial charge in [0.2, 0.25) is 5.91 Å². The first-order valence-corrected chi connectivity index (χ1v) is 5.16. The monoisotopic (exact) mass is 213 g/mol. The topological polar surface area (TPSA) is 69.4 Å². The highest BCUT2D eigenvalue weighted by Crippen LogP contribution is 2.08. The molecule has 0 spiro atoms. The average molecular weight is 213 g/mol. The third kappa shape index (κ3) is 7.73. The van der Waals surface area contributed by atoms with Crippen LogP contribution < -0.4 is 5.73 Å². The molecule has 0 rings (SSSR count). The van der Waals surface area contributed by atoms with Crippen LogP contribution in [0.4, 0.5) is 0 Å². The normalized spacial score (nSPS) is 11.8. The lowest BCUT2D eigenvalue weighted by Crippen LogP contribution is -2.20. The van der Waals surface area contributed by atoms with Crippen LogP contribution in [0.15, 0.2) is 12.7 Å². The fraction of sp³-hybridized carbons (Fsp3) is 0.636. The molecule has 4 heteroatoms. The molecule has 0 aliphatic heterocycles. The SMILES string of the molecule is C=CC(=O)OCCCCCC(C)C(N)=O. The van der Waals surface area contributed by atoms with E-state index in [4.69, 9.17) is 10.5 Å². The van der Waals surface area contributed by atoms with Gasteiger partial charge in [0.15, 0.2) is 0 Å². The van der Waals surface area contributed by atoms with Gasteiger partial charge in [-0.25, -0.2) is 4.79 Å². The summed E-state index contributed by atoms with van der Waals surface area (Å²) in [5, 5.41) is 0. The number of ether oxygens (including phenoxy) is 1. The Hall–Kier alpha value is -1.32. The van der Waals surface area contributed by atoms with Crippen molar-refractivity contribution in [3.63, 3.8) is 0 Å². The highest BCUT2D eigenvalue weighted by molar-refractivity contribution is 5.81. The van der Waals surface area contributed by atoms with Crippen molar-refractivity contribution >= 4 is 11.9 Å². The molecule has 1 unspecified atom stereocenters. The van der Waals surface area contributed by atoms with Crippen molar-refractivity contribution in [2.45, 2.75) is 32.6 Å². The van der Waals surface area contributed by atoms with Gasteiger partial charge in [-0.05, 0) is 12.8 Å². The van der Waals surface area contributed by atoms with Gasteiger partial charge >= 0.3 is 5.97 Å². The third-order valence-electron chi connectivity index (χ3n) is 2.18. The average Bonchev–Trinajstić information content (AvgIpc) is 2.22. The molecule has 0 bridgehead atoms. The second-order valence-electron chi connectivity index (χ2n) is 3.52. The number of esters is 1. The molecule has 0 aromatic carbocycles. The summed E-state index contributed by atoms with van der Waals surface area (Å²) in [5.41, 5.74) is 5.12. The second-order valence-corrected chi connectivity index (χ2v) is 3.52. The Morgan fingerprint density at radius 1 is 1.40 bits per heavy atom. The molecule has 2 N–H and O–H groups in total. The molecule has 1 atom stereocenters. The van der Waals surface area contributed by atoms with Crippen LogP contribution in [0.1, 0.15) is 32.6 Å². The van der Waals surface area contributed by atoms with Gasteiger partial charge < -0.3 is 10.5 Å². The van der Waals surface area contributed by atoms with Crippen LogP contribution >= 0.6 is 0 Å². The fourth-order valence-electron chi connectivity index (χ4n) is 1.10. The first-order valence-electron chi connectivity index (χ1n) is 5.16. The number of unbranched alkanes of at least 4 members (excludes halogenated alkanes) is 2. The summed E-state index contributed by atoms with van der Waals surface area (Å²) < 4.78 is 4.80. The Labute approximate surface area is 90.5 Å². The van der Waals surface area contributed by atoms with Crippen LogP contribution in [-0.2, 0) is 14.3 Å². The van der Waals surface area contributed by atoms with Crippen LogP contribution in [0, 0.1) is 5.92 Å². The molecular weight excluding hydrogens is 194 g/mol. The Bertz CT molecular complexity index is 226. The van der Waals surface area contributed by atoms with Crippen LogP contribution in [0.3, 0.4) is 0 Å². The minimum Gasteiger partial charge on any atom is -0.463 e. The Morgan fingerprint density at radius 2 is 2.07 bits per heavy atom. The molecule has 4 nitrogen and oxygen atoms in total. The minimum atomic E-state index is -0.388. The van der Waals surface area contributed by atoms with Gasteiger partial charge in [0.05, 0.1) is 6.61 Å². The summed E-state index contributed by atoms with van der Waals surface area (Å²) in [6.07, 6.45) is 4.61. The molecule has 0 radical (unpaired) electrons. The zero-order chi connectivity index (χ0) is 11.7. The molecule has 0 aromatic rings. The maximum Gasteiger partial charge on any atom is 0.330 e. The summed E-state index contributed by atoms with van der Waals surface area (Å²) in [5.74, 6) is -0.714. The predicted molar refractivity (Wildman–Crippen MR) is 58.0 cm³/mol. The van der Waals surface area contributed by atoms with Crippen molar-refractivity contribution in [2.24, 2.45) is 11.7 Å². The summed E-state index contributed by atoms with van der Waals surface area (Å²) in [7, 11) is 0. The summed E-state index contributed by atoms with van der Waals surface area (Å²) in [6.45, 7) is 5.52. The standard InChI is InChI=1S/C11H19NO3/c1-3-10(13)15-8-6-4-5-7-9(2)11(12)14/h3,9H,1,4-8H2,2H3,(H2,12,14). The molecule has 0 aliphatic carbocycles. The molecule has 0 heterocycles. The van der Waals surface area contributed by atoms with Gasteiger partial charge in [0.1, 0.15) is 0 Å². The van der Waals surface area contributed by atoms with Crippen molar-refractivity contribution in [3.05, 3.63) is 12.7 Å². The summed E-state index contributed by atoms with van der Waals surface area (Å²) >= 11 is 0. The van der Waals surface area contributed by atoms with Gasteiger partial charge in [0.25, 0.3) is 0 Å². The molecule has 0 saturated carbocycles. The van der Waals surface area contributed by atoms with E-state index in [0.717, 1.165) is 31.8 Å². The number of rotatable bonds is 8. The molecule has 86 valence electrons. The number of carbonyl (C=O) groups is 2. The number of hydrogen-bond donors (Lipinski definition) is 1. The van der Waals surface area contributed by atoms with Crippen LogP contribution in [-0.4, -0.2) is 18.5 Å². The number of carbonyl (C=O) groups excluding carboxylic acids is 2. The number of nitrogens with two attached hydrogens (primary N) is 1. The zero-order valence-corrected chi connectivity index (χ0v) is 9.20. The van der Waals surface area contributed by atoms with Gasteiger partial charge in [-0.1, -0.05) is 26.3 Å². The van der Waals surface area contributed by atoms with E-state index in [-0.39, 0.29) is 17.8 Å². The molecule has 0 aromatic heterocycles. The minimum absolute atomic E-state index is 0.0688. The molecule has 15 heavy (non-hydrogen) atoms. The van der Waals surface area contributed by atoms with E-state index in [1.165, 1.54) is 0 Å². The van der Waals surface area contributed by atoms with E-state index in [1.54, 1.807) is 0 Å². The van der Waals surface area contributed by atoms with Crippen molar-refractivity contribution in [2.75, 3.05) is 6.61 Å². The third-order valence-corrected chi connectivity index (χ3v) is 2.18. The van der Waals surface area contributed by atoms with Crippen molar-refractivity contribution in [3.8, 4) is 0 Å². The van der Waals surface area contributed by atoms with Gasteiger partial charge in [-0.15, -0.1) is 0 Å². The van der Waals surface area contributed by atoms with Crippen LogP contribution in [0.5, 0.6) is 0 Å². The zero-order valence-electron chi connectivity index (χ0n) is 9.20. The van der Waals surface area contributed by atoms with Gasteiger partial charge in [-0.2, -0.15) is 0 Å². The Morgan fingerprint density at radius 3 is 2.60 bits per heavy atom. The largest absolute Gasteiger partial charge is 0.463 e. The molecule has 0 aliphatic rings. The quantitative estimate of drug-likeness (QED) is 0.376. The maximum atomic E-state index is 10.7. The lowest BCUT2D eigenvalue weighted by atomic mass is 10.0. The smallest absolute Gasteiger partial charge is 0.330 e. The fourth-order valence-corrected chi connectivity index (χ4v) is 1.10. The Balaban J connectivity index is 3.29. The van der Waals surface area contributed by atoms with E-state index in [0.29, 0.717) is 6.61 Å². The summed E-state index contributed by atoms with van der Waals surface area (Å²) in [4.78, 5) is 21.3. The maximum absolute atomic E-state index is 10.7. The highest BCUT2D eigenvalue weighted by atomic mass is 16.5. The lowest BCUT2D eigenvalue weighted by molar-refractivity contribution is -0.137. The van der Waals surface area contributed by atoms with Crippen molar-refractivity contribution < 1.29 is 14.3 Å². The second kappa shape index (κ2) is 8.03. The van der Waals surface area contributed by atoms with Gasteiger partial charge in [0, 0.05) is 12.0 Å². The van der Waals surface area contributed by atoms with Crippen molar-refractivity contribution in [1.29, 1.82) is 0 Å². The Kier molecular flexibility index (Phi) is 7.32. The predicted octanol–water partition coefficient (Wildman–Crippen LogP) is 1.40. The lowest BCUT2D eigenvalue weighted by Gasteiger charge is -2.06.